The number of halogens is 1. The number of anilines is 1. The van der Waals surface area contributed by atoms with E-state index in [4.69, 9.17) is 4.74 Å². The lowest BCUT2D eigenvalue weighted by molar-refractivity contribution is 0.0120. The highest BCUT2D eigenvalue weighted by Crippen LogP contribution is 2.36. The molecule has 0 amide bonds. The zero-order valence-corrected chi connectivity index (χ0v) is 13.7. The van der Waals surface area contributed by atoms with Crippen LogP contribution in [0.3, 0.4) is 0 Å². The normalized spacial score (nSPS) is 27.8. The van der Waals surface area contributed by atoms with Crippen molar-refractivity contribution in [3.63, 3.8) is 0 Å². The lowest BCUT2D eigenvalue weighted by Gasteiger charge is -2.23. The van der Waals surface area contributed by atoms with Gasteiger partial charge in [0.25, 0.3) is 0 Å². The van der Waals surface area contributed by atoms with Crippen LogP contribution in [-0.4, -0.2) is 41.2 Å². The van der Waals surface area contributed by atoms with Crippen LogP contribution in [-0.2, 0) is 11.3 Å². The maximum absolute atomic E-state index is 13.7. The number of thiophene rings is 1. The first-order valence-corrected chi connectivity index (χ1v) is 8.91. The number of hydrogen-bond acceptors (Lipinski definition) is 5. The lowest BCUT2D eigenvalue weighted by Crippen LogP contribution is -2.33. The minimum Gasteiger partial charge on any atom is -0.371 e. The molecule has 0 saturated carbocycles. The average molecular weight is 333 g/mol. The first-order valence-electron chi connectivity index (χ1n) is 7.97. The van der Waals surface area contributed by atoms with Crippen LogP contribution in [0.2, 0.25) is 0 Å². The summed E-state index contributed by atoms with van der Waals surface area (Å²) < 4.78 is 19.8. The van der Waals surface area contributed by atoms with Crippen LogP contribution in [0.5, 0.6) is 0 Å². The smallest absolute Gasteiger partial charge is 0.165 e. The van der Waals surface area contributed by atoms with Crippen molar-refractivity contribution in [3.8, 4) is 0 Å². The molecule has 2 aliphatic rings. The van der Waals surface area contributed by atoms with Gasteiger partial charge in [-0.25, -0.2) is 9.37 Å². The second kappa shape index (κ2) is 6.19. The maximum Gasteiger partial charge on any atom is 0.165 e. The Labute approximate surface area is 139 Å². The second-order valence-electron chi connectivity index (χ2n) is 6.47. The summed E-state index contributed by atoms with van der Waals surface area (Å²) in [6.07, 6.45) is 3.55. The Morgan fingerprint density at radius 2 is 2.43 bits per heavy atom. The van der Waals surface area contributed by atoms with Gasteiger partial charge in [0.15, 0.2) is 11.6 Å². The summed E-state index contributed by atoms with van der Waals surface area (Å²) in [5.74, 6) is 0.0187. The van der Waals surface area contributed by atoms with Gasteiger partial charge in [-0.15, -0.1) is 0 Å². The molecule has 0 unspecified atom stereocenters. The number of aromatic nitrogens is 1. The van der Waals surface area contributed by atoms with Crippen LogP contribution >= 0.6 is 11.3 Å². The van der Waals surface area contributed by atoms with Gasteiger partial charge in [-0.1, -0.05) is 0 Å². The van der Waals surface area contributed by atoms with Gasteiger partial charge in [0.05, 0.1) is 18.2 Å². The van der Waals surface area contributed by atoms with E-state index in [1.54, 1.807) is 23.6 Å². The number of rotatable bonds is 4. The van der Waals surface area contributed by atoms with Gasteiger partial charge in [0.2, 0.25) is 0 Å². The van der Waals surface area contributed by atoms with Crippen molar-refractivity contribution in [1.82, 2.24) is 9.88 Å². The van der Waals surface area contributed by atoms with E-state index in [9.17, 15) is 4.39 Å². The zero-order chi connectivity index (χ0) is 15.7. The Bertz CT molecular complexity index is 666. The molecule has 122 valence electrons. The number of pyridine rings is 1. The Balaban J connectivity index is 1.36. The molecule has 1 N–H and O–H groups in total. The molecule has 1 spiro atoms. The molecule has 4 nitrogen and oxygen atoms in total. The number of likely N-dealkylation sites (tertiary alicyclic amines) is 1. The molecule has 2 aromatic heterocycles. The van der Waals surface area contributed by atoms with E-state index >= 15 is 0 Å². The van der Waals surface area contributed by atoms with E-state index in [0.717, 1.165) is 32.5 Å². The van der Waals surface area contributed by atoms with Crippen LogP contribution in [0.25, 0.3) is 0 Å². The third kappa shape index (κ3) is 3.24. The molecular weight excluding hydrogens is 313 g/mol. The largest absolute Gasteiger partial charge is 0.371 e. The molecule has 2 aromatic rings. The van der Waals surface area contributed by atoms with E-state index in [0.29, 0.717) is 12.4 Å². The molecule has 2 saturated heterocycles. The van der Waals surface area contributed by atoms with Crippen LogP contribution in [0.1, 0.15) is 18.4 Å². The SMILES string of the molecule is Fc1cccnc1N[C@H]1CO[C@@]2(CCN(Cc3ccsc3)C2)C1. The van der Waals surface area contributed by atoms with Crippen molar-refractivity contribution in [2.75, 3.05) is 25.0 Å². The Morgan fingerprint density at radius 3 is 3.26 bits per heavy atom. The Hall–Kier alpha value is -1.50. The summed E-state index contributed by atoms with van der Waals surface area (Å²) in [6, 6.07) is 5.34. The van der Waals surface area contributed by atoms with Gasteiger partial charge in [0.1, 0.15) is 0 Å². The standard InChI is InChI=1S/C17H20FN3OS/c18-15-2-1-5-19-16(15)20-14-8-17(22-10-14)4-6-21(12-17)9-13-3-7-23-11-13/h1-3,5,7,11,14H,4,6,8-10,12H2,(H,19,20)/t14-,17+/m1/s1. The third-order valence-corrected chi connectivity index (χ3v) is 5.42. The highest BCUT2D eigenvalue weighted by Gasteiger charge is 2.45. The van der Waals surface area contributed by atoms with Gasteiger partial charge < -0.3 is 10.1 Å². The molecule has 2 atom stereocenters. The van der Waals surface area contributed by atoms with Gasteiger partial charge in [-0.05, 0) is 40.9 Å². The fourth-order valence-electron chi connectivity index (χ4n) is 3.61. The average Bonchev–Trinajstić information content (AvgIpc) is 3.26. The van der Waals surface area contributed by atoms with Gasteiger partial charge in [-0.2, -0.15) is 11.3 Å². The Morgan fingerprint density at radius 1 is 1.48 bits per heavy atom. The van der Waals surface area contributed by atoms with E-state index in [1.165, 1.54) is 11.6 Å². The first-order chi connectivity index (χ1) is 11.2. The van der Waals surface area contributed by atoms with Crippen molar-refractivity contribution >= 4 is 17.2 Å². The Kier molecular flexibility index (Phi) is 4.05. The first kappa shape index (κ1) is 15.1. The van der Waals surface area contributed by atoms with Gasteiger partial charge >= 0.3 is 0 Å². The number of hydrogen-bond donors (Lipinski definition) is 1. The van der Waals surface area contributed by atoms with E-state index in [-0.39, 0.29) is 17.5 Å². The van der Waals surface area contributed by atoms with E-state index in [2.05, 4.69) is 32.0 Å². The molecular formula is C17H20FN3OS. The quantitative estimate of drug-likeness (QED) is 0.933. The summed E-state index contributed by atoms with van der Waals surface area (Å²) in [4.78, 5) is 6.52. The molecule has 0 aliphatic carbocycles. The highest BCUT2D eigenvalue weighted by molar-refractivity contribution is 7.07. The monoisotopic (exact) mass is 333 g/mol. The summed E-state index contributed by atoms with van der Waals surface area (Å²) >= 11 is 1.74. The van der Waals surface area contributed by atoms with Gasteiger partial charge in [-0.3, -0.25) is 4.90 Å². The van der Waals surface area contributed by atoms with E-state index < -0.39 is 0 Å². The molecule has 2 aliphatic heterocycles. The van der Waals surface area contributed by atoms with E-state index in [1.807, 2.05) is 0 Å². The molecule has 2 fully saturated rings. The van der Waals surface area contributed by atoms with Gasteiger partial charge in [0, 0.05) is 32.3 Å². The molecule has 6 heteroatoms. The summed E-state index contributed by atoms with van der Waals surface area (Å²) in [5, 5.41) is 7.52. The third-order valence-electron chi connectivity index (χ3n) is 4.69. The maximum atomic E-state index is 13.7. The predicted molar refractivity (Wildman–Crippen MR) is 89.1 cm³/mol. The summed E-state index contributed by atoms with van der Waals surface area (Å²) in [7, 11) is 0. The van der Waals surface area contributed by atoms with Crippen molar-refractivity contribution in [1.29, 1.82) is 0 Å². The molecule has 4 heterocycles. The number of ether oxygens (including phenoxy) is 1. The summed E-state index contributed by atoms with van der Waals surface area (Å²) in [5.41, 5.74) is 1.29. The molecule has 0 radical (unpaired) electrons. The van der Waals surface area contributed by atoms with Crippen LogP contribution < -0.4 is 5.32 Å². The fraction of sp³-hybridized carbons (Fsp3) is 0.471. The van der Waals surface area contributed by atoms with Crippen LogP contribution in [0.15, 0.2) is 35.2 Å². The minimum absolute atomic E-state index is 0.0844. The molecule has 0 aromatic carbocycles. The molecule has 0 bridgehead atoms. The molecule has 4 rings (SSSR count). The predicted octanol–water partition coefficient (Wildman–Crippen LogP) is 3.13. The number of nitrogens with one attached hydrogen (secondary N) is 1. The van der Waals surface area contributed by atoms with Crippen LogP contribution in [0, 0.1) is 5.82 Å². The van der Waals surface area contributed by atoms with Crippen LogP contribution in [0.4, 0.5) is 10.2 Å². The summed E-state index contributed by atoms with van der Waals surface area (Å²) in [6.45, 7) is 3.61. The van der Waals surface area contributed by atoms with Crippen molar-refractivity contribution in [2.24, 2.45) is 0 Å². The lowest BCUT2D eigenvalue weighted by atomic mass is 9.97. The zero-order valence-electron chi connectivity index (χ0n) is 12.9. The van der Waals surface area contributed by atoms with Crippen molar-refractivity contribution in [2.45, 2.75) is 31.0 Å². The minimum atomic E-state index is -0.307. The second-order valence-corrected chi connectivity index (χ2v) is 7.25. The van der Waals surface area contributed by atoms with Crippen molar-refractivity contribution < 1.29 is 9.13 Å². The molecule has 23 heavy (non-hydrogen) atoms. The number of nitrogens with zero attached hydrogens (tertiary/aromatic N) is 2. The highest BCUT2D eigenvalue weighted by atomic mass is 32.1. The van der Waals surface area contributed by atoms with Crippen molar-refractivity contribution in [3.05, 3.63) is 46.5 Å². The topological polar surface area (TPSA) is 37.4 Å². The fourth-order valence-corrected chi connectivity index (χ4v) is 4.27.